The number of nitrogens with one attached hydrogen (secondary N) is 1. The zero-order chi connectivity index (χ0) is 12.2. The highest BCUT2D eigenvalue weighted by Crippen LogP contribution is 2.19. The molecular weight excluding hydrogens is 297 g/mol. The Hall–Kier alpha value is -0.620. The highest BCUT2D eigenvalue weighted by molar-refractivity contribution is 9.10. The predicted molar refractivity (Wildman–Crippen MR) is 66.9 cm³/mol. The number of rotatable bonds is 5. The fourth-order valence-corrected chi connectivity index (χ4v) is 2.18. The first kappa shape index (κ1) is 13.4. The van der Waals surface area contributed by atoms with Crippen molar-refractivity contribution in [1.82, 2.24) is 0 Å². The zero-order valence-electron chi connectivity index (χ0n) is 8.83. The van der Waals surface area contributed by atoms with Gasteiger partial charge in [-0.15, -0.1) is 0 Å². The Kier molecular flexibility index (Phi) is 4.73. The lowest BCUT2D eigenvalue weighted by Crippen LogP contribution is -2.17. The molecule has 1 aromatic carbocycles. The Bertz CT molecular complexity index is 462. The summed E-state index contributed by atoms with van der Waals surface area (Å²) in [5.41, 5.74) is 0.694. The summed E-state index contributed by atoms with van der Waals surface area (Å²) in [6.07, 6.45) is 0. The summed E-state index contributed by atoms with van der Waals surface area (Å²) in [6.45, 7) is 1.94. The van der Waals surface area contributed by atoms with Gasteiger partial charge in [0.1, 0.15) is 5.82 Å². The second-order valence-corrected chi connectivity index (χ2v) is 6.62. The summed E-state index contributed by atoms with van der Waals surface area (Å²) in [4.78, 5) is 0. The van der Waals surface area contributed by atoms with Crippen LogP contribution in [0.25, 0.3) is 0 Å². The number of hydrogen-bond acceptors (Lipinski definition) is 3. The van der Waals surface area contributed by atoms with Crippen LogP contribution in [0.3, 0.4) is 0 Å². The molecule has 0 aliphatic rings. The first-order chi connectivity index (χ1) is 7.44. The lowest BCUT2D eigenvalue weighted by atomic mass is 10.3. The maximum absolute atomic E-state index is 12.9. The number of hydrogen-bond donors (Lipinski definition) is 1. The van der Waals surface area contributed by atoms with Crippen LogP contribution >= 0.6 is 15.9 Å². The second kappa shape index (κ2) is 5.63. The fourth-order valence-electron chi connectivity index (χ4n) is 1.10. The van der Waals surface area contributed by atoms with Gasteiger partial charge in [0.05, 0.1) is 10.2 Å². The van der Waals surface area contributed by atoms with E-state index in [1.165, 1.54) is 6.07 Å². The quantitative estimate of drug-likeness (QED) is 0.908. The van der Waals surface area contributed by atoms with Crippen LogP contribution in [0.1, 0.15) is 6.92 Å². The standard InChI is InChI=1S/C10H13BrFNO2S/c1-2-16(14,15)6-5-13-8-3-4-10(12)9(11)7-8/h3-4,7,13H,2,5-6H2,1H3. The molecule has 0 aliphatic carbocycles. The summed E-state index contributed by atoms with van der Waals surface area (Å²) in [6, 6.07) is 4.47. The van der Waals surface area contributed by atoms with Crippen molar-refractivity contribution in [3.05, 3.63) is 28.5 Å². The number of halogens is 2. The molecular formula is C10H13BrFNO2S. The summed E-state index contributed by atoms with van der Waals surface area (Å²) in [5, 5.41) is 2.93. The van der Waals surface area contributed by atoms with E-state index in [2.05, 4.69) is 21.2 Å². The van der Waals surface area contributed by atoms with Crippen LogP contribution in [0.5, 0.6) is 0 Å². The molecule has 0 bridgehead atoms. The van der Waals surface area contributed by atoms with Gasteiger partial charge in [-0.3, -0.25) is 0 Å². The average molecular weight is 310 g/mol. The molecule has 1 aromatic rings. The zero-order valence-corrected chi connectivity index (χ0v) is 11.2. The van der Waals surface area contributed by atoms with Crippen molar-refractivity contribution in [1.29, 1.82) is 0 Å². The summed E-state index contributed by atoms with van der Waals surface area (Å²) >= 11 is 3.06. The minimum atomic E-state index is -2.96. The van der Waals surface area contributed by atoms with Gasteiger partial charge in [0.2, 0.25) is 0 Å². The van der Waals surface area contributed by atoms with E-state index >= 15 is 0 Å². The molecule has 0 fully saturated rings. The summed E-state index contributed by atoms with van der Waals surface area (Å²) in [5.74, 6) is -0.118. The molecule has 1 N–H and O–H groups in total. The van der Waals surface area contributed by atoms with Crippen LogP contribution in [0.2, 0.25) is 0 Å². The third-order valence-electron chi connectivity index (χ3n) is 2.10. The third kappa shape index (κ3) is 4.09. The van der Waals surface area contributed by atoms with Gasteiger partial charge in [-0.1, -0.05) is 6.92 Å². The van der Waals surface area contributed by atoms with Crippen molar-refractivity contribution in [2.75, 3.05) is 23.4 Å². The predicted octanol–water partition coefficient (Wildman–Crippen LogP) is 2.43. The first-order valence-corrected chi connectivity index (χ1v) is 7.45. The smallest absolute Gasteiger partial charge is 0.151 e. The average Bonchev–Trinajstić information content (AvgIpc) is 2.23. The largest absolute Gasteiger partial charge is 0.384 e. The van der Waals surface area contributed by atoms with Crippen molar-refractivity contribution in [2.45, 2.75) is 6.92 Å². The van der Waals surface area contributed by atoms with Crippen LogP contribution in [0.15, 0.2) is 22.7 Å². The monoisotopic (exact) mass is 309 g/mol. The normalized spacial score (nSPS) is 11.4. The molecule has 0 atom stereocenters. The molecule has 16 heavy (non-hydrogen) atoms. The Labute approximate surface area is 103 Å². The van der Waals surface area contributed by atoms with Crippen molar-refractivity contribution >= 4 is 31.5 Å². The van der Waals surface area contributed by atoms with Gasteiger partial charge in [-0.25, -0.2) is 12.8 Å². The van der Waals surface area contributed by atoms with E-state index in [9.17, 15) is 12.8 Å². The maximum Gasteiger partial charge on any atom is 0.151 e. The molecule has 0 aromatic heterocycles. The van der Waals surface area contributed by atoms with Gasteiger partial charge in [-0.2, -0.15) is 0 Å². The van der Waals surface area contributed by atoms with E-state index < -0.39 is 9.84 Å². The molecule has 6 heteroatoms. The van der Waals surface area contributed by atoms with E-state index in [4.69, 9.17) is 0 Å². The van der Waals surface area contributed by atoms with Gasteiger partial charge in [0, 0.05) is 18.0 Å². The van der Waals surface area contributed by atoms with Crippen LogP contribution in [-0.4, -0.2) is 26.5 Å². The maximum atomic E-state index is 12.9. The second-order valence-electron chi connectivity index (χ2n) is 3.29. The molecule has 0 spiro atoms. The van der Waals surface area contributed by atoms with E-state index in [1.54, 1.807) is 19.1 Å². The van der Waals surface area contributed by atoms with Crippen molar-refractivity contribution in [3.8, 4) is 0 Å². The van der Waals surface area contributed by atoms with Gasteiger partial charge >= 0.3 is 0 Å². The topological polar surface area (TPSA) is 46.2 Å². The van der Waals surface area contributed by atoms with Crippen molar-refractivity contribution in [2.24, 2.45) is 0 Å². The third-order valence-corrected chi connectivity index (χ3v) is 4.42. The van der Waals surface area contributed by atoms with E-state index in [0.717, 1.165) is 0 Å². The molecule has 0 amide bonds. The highest BCUT2D eigenvalue weighted by Gasteiger charge is 2.06. The molecule has 1 rings (SSSR count). The molecule has 0 saturated carbocycles. The van der Waals surface area contributed by atoms with Gasteiger partial charge in [0.15, 0.2) is 9.84 Å². The van der Waals surface area contributed by atoms with Crippen molar-refractivity contribution < 1.29 is 12.8 Å². The van der Waals surface area contributed by atoms with Gasteiger partial charge < -0.3 is 5.32 Å². The van der Waals surface area contributed by atoms with Crippen LogP contribution in [-0.2, 0) is 9.84 Å². The summed E-state index contributed by atoms with van der Waals surface area (Å²) in [7, 11) is -2.96. The fraction of sp³-hybridized carbons (Fsp3) is 0.400. The van der Waals surface area contributed by atoms with Gasteiger partial charge in [-0.05, 0) is 34.1 Å². The molecule has 0 aliphatic heterocycles. The minimum absolute atomic E-state index is 0.0818. The molecule has 90 valence electrons. The minimum Gasteiger partial charge on any atom is -0.384 e. The first-order valence-electron chi connectivity index (χ1n) is 4.84. The molecule has 0 saturated heterocycles. The molecule has 3 nitrogen and oxygen atoms in total. The van der Waals surface area contributed by atoms with Crippen LogP contribution < -0.4 is 5.32 Å². The Morgan fingerprint density at radius 3 is 2.69 bits per heavy atom. The summed E-state index contributed by atoms with van der Waals surface area (Å²) < 4.78 is 35.7. The Morgan fingerprint density at radius 2 is 2.12 bits per heavy atom. The Balaban J connectivity index is 2.53. The molecule has 0 radical (unpaired) electrons. The Morgan fingerprint density at radius 1 is 1.44 bits per heavy atom. The van der Waals surface area contributed by atoms with Crippen LogP contribution in [0.4, 0.5) is 10.1 Å². The number of sulfone groups is 1. The van der Waals surface area contributed by atoms with E-state index in [0.29, 0.717) is 16.7 Å². The highest BCUT2D eigenvalue weighted by atomic mass is 79.9. The molecule has 0 heterocycles. The van der Waals surface area contributed by atoms with E-state index in [1.807, 2.05) is 0 Å². The lowest BCUT2D eigenvalue weighted by Gasteiger charge is -2.07. The van der Waals surface area contributed by atoms with Crippen molar-refractivity contribution in [3.63, 3.8) is 0 Å². The van der Waals surface area contributed by atoms with E-state index in [-0.39, 0.29) is 17.3 Å². The van der Waals surface area contributed by atoms with Gasteiger partial charge in [0.25, 0.3) is 0 Å². The SMILES string of the molecule is CCS(=O)(=O)CCNc1ccc(F)c(Br)c1. The molecule has 0 unspecified atom stereocenters. The van der Waals surface area contributed by atoms with Crippen LogP contribution in [0, 0.1) is 5.82 Å². The number of anilines is 1. The number of benzene rings is 1. The lowest BCUT2D eigenvalue weighted by molar-refractivity contribution is 0.597.